The van der Waals surface area contributed by atoms with Crippen molar-refractivity contribution in [3.63, 3.8) is 0 Å². The van der Waals surface area contributed by atoms with Crippen LogP contribution in [0.5, 0.6) is 11.5 Å². The first-order valence-electron chi connectivity index (χ1n) is 9.85. The van der Waals surface area contributed by atoms with Crippen molar-refractivity contribution >= 4 is 17.8 Å². The molecule has 2 N–H and O–H groups in total. The zero-order valence-electron chi connectivity index (χ0n) is 18.2. The molecule has 1 aromatic carbocycles. The van der Waals surface area contributed by atoms with Gasteiger partial charge in [-0.25, -0.2) is 4.79 Å². The Morgan fingerprint density at radius 3 is 2.16 bits per heavy atom. The van der Waals surface area contributed by atoms with Crippen LogP contribution in [0.2, 0.25) is 0 Å². The van der Waals surface area contributed by atoms with E-state index in [1.54, 1.807) is 30.2 Å². The van der Waals surface area contributed by atoms with Crippen molar-refractivity contribution in [1.29, 1.82) is 0 Å². The third-order valence-corrected chi connectivity index (χ3v) is 4.61. The number of carboxylic acid groups (broad SMARTS) is 1. The summed E-state index contributed by atoms with van der Waals surface area (Å²) in [6.07, 6.45) is -4.74. The molecule has 12 heteroatoms. The Morgan fingerprint density at radius 2 is 1.69 bits per heavy atom. The van der Waals surface area contributed by atoms with Crippen molar-refractivity contribution < 1.29 is 42.1 Å². The van der Waals surface area contributed by atoms with Gasteiger partial charge in [-0.2, -0.15) is 13.2 Å². The van der Waals surface area contributed by atoms with Gasteiger partial charge < -0.3 is 29.7 Å². The number of aliphatic carboxylic acids is 1. The van der Waals surface area contributed by atoms with Gasteiger partial charge in [0.15, 0.2) is 11.5 Å². The van der Waals surface area contributed by atoms with E-state index >= 15 is 0 Å². The van der Waals surface area contributed by atoms with Gasteiger partial charge >= 0.3 is 12.1 Å². The molecule has 1 saturated heterocycles. The van der Waals surface area contributed by atoms with Crippen LogP contribution >= 0.6 is 0 Å². The van der Waals surface area contributed by atoms with Gasteiger partial charge in [0, 0.05) is 51.3 Å². The summed E-state index contributed by atoms with van der Waals surface area (Å²) in [6.45, 7) is 5.98. The fourth-order valence-corrected chi connectivity index (χ4v) is 2.86. The van der Waals surface area contributed by atoms with Crippen LogP contribution in [0.25, 0.3) is 0 Å². The number of benzene rings is 1. The number of nitrogens with one attached hydrogen (secondary N) is 1. The molecule has 1 fully saturated rings. The molecular formula is C20H28F3N3O6. The number of ether oxygens (including phenoxy) is 2. The van der Waals surface area contributed by atoms with E-state index in [4.69, 9.17) is 19.4 Å². The minimum Gasteiger partial charge on any atom is -0.493 e. The van der Waals surface area contributed by atoms with E-state index in [1.807, 2.05) is 11.8 Å². The van der Waals surface area contributed by atoms with Gasteiger partial charge in [-0.1, -0.05) is 0 Å². The fraction of sp³-hybridized carbons (Fsp3) is 0.550. The molecule has 1 heterocycles. The first-order chi connectivity index (χ1) is 15.0. The summed E-state index contributed by atoms with van der Waals surface area (Å²) < 4.78 is 42.2. The Hall–Kier alpha value is -3.02. The molecule has 9 nitrogen and oxygen atoms in total. The standard InChI is InChI=1S/C18H27N3O4.C2HF3O2/c1-4-20(10-7-17(22)21-11-8-19-9-12-21)18(23)14-5-6-15(24-2)16(13-14)25-3;3-2(4,5)1(6)7/h5-6,13,19H,4,7-12H2,1-3H3;(H,6,7). The lowest BCUT2D eigenvalue weighted by Crippen LogP contribution is -2.47. The maximum atomic E-state index is 12.7. The predicted octanol–water partition coefficient (Wildman–Crippen LogP) is 1.62. The number of alkyl halides is 3. The highest BCUT2D eigenvalue weighted by Gasteiger charge is 2.38. The molecule has 32 heavy (non-hydrogen) atoms. The van der Waals surface area contributed by atoms with Gasteiger partial charge in [0.1, 0.15) is 0 Å². The van der Waals surface area contributed by atoms with Gasteiger partial charge in [0.05, 0.1) is 14.2 Å². The Morgan fingerprint density at radius 1 is 1.12 bits per heavy atom. The second kappa shape index (κ2) is 12.7. The van der Waals surface area contributed by atoms with Crippen molar-refractivity contribution in [2.75, 3.05) is 53.5 Å². The van der Waals surface area contributed by atoms with E-state index in [0.717, 1.165) is 26.2 Å². The van der Waals surface area contributed by atoms with Crippen molar-refractivity contribution in [2.24, 2.45) is 0 Å². The number of nitrogens with zero attached hydrogens (tertiary/aromatic N) is 2. The lowest BCUT2D eigenvalue weighted by molar-refractivity contribution is -0.192. The number of rotatable bonds is 7. The first-order valence-corrected chi connectivity index (χ1v) is 9.85. The number of piperazine rings is 1. The molecule has 0 radical (unpaired) electrons. The number of methoxy groups -OCH3 is 2. The summed E-state index contributed by atoms with van der Waals surface area (Å²) in [5.41, 5.74) is 0.522. The van der Waals surface area contributed by atoms with Crippen molar-refractivity contribution in [3.05, 3.63) is 23.8 Å². The molecule has 0 aromatic heterocycles. The van der Waals surface area contributed by atoms with Gasteiger partial charge in [0.25, 0.3) is 5.91 Å². The van der Waals surface area contributed by atoms with Crippen LogP contribution in [0.3, 0.4) is 0 Å². The van der Waals surface area contributed by atoms with Crippen molar-refractivity contribution in [1.82, 2.24) is 15.1 Å². The maximum absolute atomic E-state index is 12.7. The van der Waals surface area contributed by atoms with Gasteiger partial charge in [-0.3, -0.25) is 9.59 Å². The van der Waals surface area contributed by atoms with E-state index in [2.05, 4.69) is 5.32 Å². The SMILES string of the molecule is CCN(CCC(=O)N1CCNCC1)C(=O)c1ccc(OC)c(OC)c1.O=C(O)C(F)(F)F. The van der Waals surface area contributed by atoms with Crippen LogP contribution < -0.4 is 14.8 Å². The Kier molecular flexibility index (Phi) is 10.8. The molecule has 0 bridgehead atoms. The average Bonchev–Trinajstić information content (AvgIpc) is 2.78. The number of carbonyl (C=O) groups is 3. The number of hydrogen-bond acceptors (Lipinski definition) is 6. The molecule has 2 amide bonds. The normalized spacial score (nSPS) is 13.5. The fourth-order valence-electron chi connectivity index (χ4n) is 2.86. The molecule has 0 atom stereocenters. The Bertz CT molecular complexity index is 782. The van der Waals surface area contributed by atoms with Crippen molar-refractivity contribution in [3.8, 4) is 11.5 Å². The van der Waals surface area contributed by atoms with Gasteiger partial charge in [-0.05, 0) is 25.1 Å². The molecule has 0 unspecified atom stereocenters. The minimum atomic E-state index is -5.08. The molecule has 1 aliphatic rings. The number of hydrogen-bond donors (Lipinski definition) is 2. The van der Waals surface area contributed by atoms with E-state index in [0.29, 0.717) is 36.6 Å². The van der Waals surface area contributed by atoms with E-state index in [-0.39, 0.29) is 11.8 Å². The summed E-state index contributed by atoms with van der Waals surface area (Å²) in [5.74, 6) is -1.68. The van der Waals surface area contributed by atoms with E-state index in [9.17, 15) is 22.8 Å². The van der Waals surface area contributed by atoms with Crippen LogP contribution in [0.1, 0.15) is 23.7 Å². The maximum Gasteiger partial charge on any atom is 0.490 e. The number of carbonyl (C=O) groups excluding carboxylic acids is 2. The van der Waals surface area contributed by atoms with E-state index < -0.39 is 12.1 Å². The summed E-state index contributed by atoms with van der Waals surface area (Å²) in [7, 11) is 3.09. The number of amides is 2. The quantitative estimate of drug-likeness (QED) is 0.633. The average molecular weight is 463 g/mol. The highest BCUT2D eigenvalue weighted by molar-refractivity contribution is 5.95. The van der Waals surface area contributed by atoms with Crippen LogP contribution in [-0.2, 0) is 9.59 Å². The smallest absolute Gasteiger partial charge is 0.490 e. The zero-order valence-corrected chi connectivity index (χ0v) is 18.2. The molecule has 2 rings (SSSR count). The molecular weight excluding hydrogens is 435 g/mol. The van der Waals surface area contributed by atoms with Gasteiger partial charge in [-0.15, -0.1) is 0 Å². The molecule has 0 spiro atoms. The highest BCUT2D eigenvalue weighted by Crippen LogP contribution is 2.28. The second-order valence-corrected chi connectivity index (χ2v) is 6.64. The topological polar surface area (TPSA) is 108 Å². The lowest BCUT2D eigenvalue weighted by atomic mass is 10.1. The molecule has 180 valence electrons. The highest BCUT2D eigenvalue weighted by atomic mass is 19.4. The summed E-state index contributed by atoms with van der Waals surface area (Å²) >= 11 is 0. The van der Waals surface area contributed by atoms with Gasteiger partial charge in [0.2, 0.25) is 5.91 Å². The Labute approximate surface area is 184 Å². The zero-order chi connectivity index (χ0) is 24.3. The minimum absolute atomic E-state index is 0.0973. The molecule has 0 saturated carbocycles. The largest absolute Gasteiger partial charge is 0.493 e. The van der Waals surface area contributed by atoms with E-state index in [1.165, 1.54) is 7.11 Å². The molecule has 0 aliphatic carbocycles. The van der Waals surface area contributed by atoms with Crippen LogP contribution in [0.15, 0.2) is 18.2 Å². The second-order valence-electron chi connectivity index (χ2n) is 6.64. The van der Waals surface area contributed by atoms with Crippen LogP contribution in [-0.4, -0.2) is 92.4 Å². The first kappa shape index (κ1) is 27.0. The summed E-state index contributed by atoms with van der Waals surface area (Å²) in [6, 6.07) is 5.10. The van der Waals surface area contributed by atoms with Crippen molar-refractivity contribution in [2.45, 2.75) is 19.5 Å². The Balaban J connectivity index is 0.000000633. The molecule has 1 aromatic rings. The lowest BCUT2D eigenvalue weighted by Gasteiger charge is -2.28. The molecule has 1 aliphatic heterocycles. The summed E-state index contributed by atoms with van der Waals surface area (Å²) in [4.78, 5) is 37.4. The van der Waals surface area contributed by atoms with Crippen LogP contribution in [0.4, 0.5) is 13.2 Å². The van der Waals surface area contributed by atoms with Crippen LogP contribution in [0, 0.1) is 0 Å². The summed E-state index contributed by atoms with van der Waals surface area (Å²) in [5, 5.41) is 10.3. The third-order valence-electron chi connectivity index (χ3n) is 4.61. The third kappa shape index (κ3) is 8.25. The number of halogens is 3. The monoisotopic (exact) mass is 463 g/mol. The number of carboxylic acids is 1. The predicted molar refractivity (Wildman–Crippen MR) is 109 cm³/mol.